The zero-order chi connectivity index (χ0) is 13.1. The van der Waals surface area contributed by atoms with Gasteiger partial charge in [-0.1, -0.05) is 20.3 Å². The largest absolute Gasteiger partial charge is 0.396 e. The molecule has 0 rings (SSSR count). The predicted octanol–water partition coefficient (Wildman–Crippen LogP) is 1.28. The summed E-state index contributed by atoms with van der Waals surface area (Å²) in [6.45, 7) is 5.58. The first-order valence-electron chi connectivity index (χ1n) is 6.74. The SMILES string of the molecule is CCCC(CCO)CNC(=O)C(C)CCCN. The first-order chi connectivity index (χ1) is 8.15. The lowest BCUT2D eigenvalue weighted by atomic mass is 9.99. The third-order valence-electron chi connectivity index (χ3n) is 3.09. The van der Waals surface area contributed by atoms with Crippen LogP contribution in [0.4, 0.5) is 0 Å². The van der Waals surface area contributed by atoms with Gasteiger partial charge in [0.1, 0.15) is 0 Å². The molecule has 0 bridgehead atoms. The van der Waals surface area contributed by atoms with Gasteiger partial charge in [0.15, 0.2) is 0 Å². The van der Waals surface area contributed by atoms with Crippen molar-refractivity contribution < 1.29 is 9.90 Å². The first kappa shape index (κ1) is 16.4. The third kappa shape index (κ3) is 8.16. The normalized spacial score (nSPS) is 14.4. The fourth-order valence-corrected chi connectivity index (χ4v) is 1.91. The Labute approximate surface area is 105 Å². The highest BCUT2D eigenvalue weighted by Crippen LogP contribution is 2.10. The Morgan fingerprint density at radius 1 is 1.35 bits per heavy atom. The molecule has 0 aliphatic carbocycles. The average molecular weight is 244 g/mol. The second-order valence-corrected chi connectivity index (χ2v) is 4.74. The molecule has 1 amide bonds. The summed E-state index contributed by atoms with van der Waals surface area (Å²) >= 11 is 0. The quantitative estimate of drug-likeness (QED) is 0.542. The van der Waals surface area contributed by atoms with E-state index in [4.69, 9.17) is 10.8 Å². The second kappa shape index (κ2) is 10.5. The molecule has 0 saturated heterocycles. The number of nitrogens with one attached hydrogen (secondary N) is 1. The molecule has 0 aromatic heterocycles. The maximum atomic E-state index is 11.7. The number of hydrogen-bond donors (Lipinski definition) is 3. The van der Waals surface area contributed by atoms with Crippen LogP contribution < -0.4 is 11.1 Å². The first-order valence-corrected chi connectivity index (χ1v) is 6.74. The highest BCUT2D eigenvalue weighted by molar-refractivity contribution is 5.78. The Kier molecular flexibility index (Phi) is 10.2. The van der Waals surface area contributed by atoms with E-state index < -0.39 is 0 Å². The van der Waals surface area contributed by atoms with Crippen LogP contribution in [0.1, 0.15) is 46.0 Å². The zero-order valence-electron chi connectivity index (χ0n) is 11.2. The number of nitrogens with two attached hydrogens (primary N) is 1. The van der Waals surface area contributed by atoms with Crippen molar-refractivity contribution in [3.63, 3.8) is 0 Å². The third-order valence-corrected chi connectivity index (χ3v) is 3.09. The Morgan fingerprint density at radius 2 is 2.06 bits per heavy atom. The van der Waals surface area contributed by atoms with Gasteiger partial charge in [0.2, 0.25) is 5.91 Å². The molecule has 0 aromatic rings. The van der Waals surface area contributed by atoms with Crippen LogP contribution in [-0.2, 0) is 4.79 Å². The van der Waals surface area contributed by atoms with Crippen LogP contribution in [0.5, 0.6) is 0 Å². The highest BCUT2D eigenvalue weighted by atomic mass is 16.3. The van der Waals surface area contributed by atoms with E-state index in [1.807, 2.05) is 6.92 Å². The number of rotatable bonds is 10. The van der Waals surface area contributed by atoms with Crippen LogP contribution in [0.3, 0.4) is 0 Å². The molecule has 0 aliphatic heterocycles. The topological polar surface area (TPSA) is 75.3 Å². The molecule has 0 aliphatic rings. The molecular weight excluding hydrogens is 216 g/mol. The van der Waals surface area contributed by atoms with E-state index in [9.17, 15) is 4.79 Å². The number of hydrogen-bond acceptors (Lipinski definition) is 3. The van der Waals surface area contributed by atoms with Crippen LogP contribution in [0.25, 0.3) is 0 Å². The van der Waals surface area contributed by atoms with Crippen LogP contribution in [0, 0.1) is 11.8 Å². The van der Waals surface area contributed by atoms with Gasteiger partial charge in [-0.05, 0) is 38.1 Å². The van der Waals surface area contributed by atoms with Gasteiger partial charge >= 0.3 is 0 Å². The summed E-state index contributed by atoms with van der Waals surface area (Å²) in [5.74, 6) is 0.545. The van der Waals surface area contributed by atoms with Gasteiger partial charge in [-0.3, -0.25) is 4.79 Å². The monoisotopic (exact) mass is 244 g/mol. The molecule has 0 saturated carbocycles. The minimum atomic E-state index is 0.0370. The van der Waals surface area contributed by atoms with E-state index in [-0.39, 0.29) is 18.4 Å². The minimum absolute atomic E-state index is 0.0370. The summed E-state index contributed by atoms with van der Waals surface area (Å²) in [7, 11) is 0. The maximum Gasteiger partial charge on any atom is 0.222 e. The average Bonchev–Trinajstić information content (AvgIpc) is 2.33. The van der Waals surface area contributed by atoms with E-state index in [2.05, 4.69) is 12.2 Å². The van der Waals surface area contributed by atoms with Gasteiger partial charge in [0, 0.05) is 19.1 Å². The molecule has 2 atom stereocenters. The fourth-order valence-electron chi connectivity index (χ4n) is 1.91. The Hall–Kier alpha value is -0.610. The number of amides is 1. The standard InChI is InChI=1S/C13H28N2O2/c1-3-5-12(7-9-16)10-15-13(17)11(2)6-4-8-14/h11-12,16H,3-10,14H2,1-2H3,(H,15,17). The van der Waals surface area contributed by atoms with Gasteiger partial charge < -0.3 is 16.2 Å². The van der Waals surface area contributed by atoms with Crippen molar-refractivity contribution >= 4 is 5.91 Å². The molecule has 0 radical (unpaired) electrons. The van der Waals surface area contributed by atoms with Crippen LogP contribution in [0.15, 0.2) is 0 Å². The smallest absolute Gasteiger partial charge is 0.222 e. The number of carbonyl (C=O) groups excluding carboxylic acids is 1. The summed E-state index contributed by atoms with van der Waals surface area (Å²) in [5.41, 5.74) is 5.42. The summed E-state index contributed by atoms with van der Waals surface area (Å²) in [4.78, 5) is 11.7. The second-order valence-electron chi connectivity index (χ2n) is 4.74. The van der Waals surface area contributed by atoms with Crippen LogP contribution in [-0.4, -0.2) is 30.7 Å². The summed E-state index contributed by atoms with van der Waals surface area (Å²) in [6.07, 6.45) is 4.65. The van der Waals surface area contributed by atoms with E-state index in [1.165, 1.54) is 0 Å². The lowest BCUT2D eigenvalue weighted by Gasteiger charge is -2.17. The zero-order valence-corrected chi connectivity index (χ0v) is 11.2. The summed E-state index contributed by atoms with van der Waals surface area (Å²) in [6, 6.07) is 0. The van der Waals surface area contributed by atoms with Crippen molar-refractivity contribution in [2.45, 2.75) is 46.0 Å². The molecular formula is C13H28N2O2. The molecule has 4 heteroatoms. The van der Waals surface area contributed by atoms with Gasteiger partial charge in [-0.15, -0.1) is 0 Å². The molecule has 102 valence electrons. The predicted molar refractivity (Wildman–Crippen MR) is 70.6 cm³/mol. The van der Waals surface area contributed by atoms with E-state index in [0.717, 1.165) is 32.1 Å². The molecule has 0 fully saturated rings. The molecule has 0 spiro atoms. The summed E-state index contributed by atoms with van der Waals surface area (Å²) in [5, 5.41) is 11.9. The molecule has 2 unspecified atom stereocenters. The van der Waals surface area contributed by atoms with Gasteiger partial charge in [-0.25, -0.2) is 0 Å². The minimum Gasteiger partial charge on any atom is -0.396 e. The van der Waals surface area contributed by atoms with E-state index in [0.29, 0.717) is 19.0 Å². The lowest BCUT2D eigenvalue weighted by molar-refractivity contribution is -0.124. The van der Waals surface area contributed by atoms with Crippen molar-refractivity contribution in [2.75, 3.05) is 19.7 Å². The van der Waals surface area contributed by atoms with Crippen LogP contribution >= 0.6 is 0 Å². The Bertz CT molecular complexity index is 192. The van der Waals surface area contributed by atoms with Crippen molar-refractivity contribution in [1.82, 2.24) is 5.32 Å². The highest BCUT2D eigenvalue weighted by Gasteiger charge is 2.14. The molecule has 4 N–H and O–H groups in total. The molecule has 0 heterocycles. The Balaban J connectivity index is 3.85. The van der Waals surface area contributed by atoms with Crippen molar-refractivity contribution in [3.05, 3.63) is 0 Å². The summed E-state index contributed by atoms with van der Waals surface area (Å²) < 4.78 is 0. The number of aliphatic hydroxyl groups excluding tert-OH is 1. The molecule has 0 aromatic carbocycles. The number of carbonyl (C=O) groups is 1. The Morgan fingerprint density at radius 3 is 2.59 bits per heavy atom. The van der Waals surface area contributed by atoms with Crippen molar-refractivity contribution in [2.24, 2.45) is 17.6 Å². The fraction of sp³-hybridized carbons (Fsp3) is 0.923. The van der Waals surface area contributed by atoms with Gasteiger partial charge in [0.05, 0.1) is 0 Å². The lowest BCUT2D eigenvalue weighted by Crippen LogP contribution is -2.33. The van der Waals surface area contributed by atoms with Crippen molar-refractivity contribution in [3.8, 4) is 0 Å². The van der Waals surface area contributed by atoms with Crippen LogP contribution in [0.2, 0.25) is 0 Å². The van der Waals surface area contributed by atoms with Gasteiger partial charge in [-0.2, -0.15) is 0 Å². The van der Waals surface area contributed by atoms with Gasteiger partial charge in [0.25, 0.3) is 0 Å². The maximum absolute atomic E-state index is 11.7. The molecule has 4 nitrogen and oxygen atoms in total. The van der Waals surface area contributed by atoms with E-state index in [1.54, 1.807) is 0 Å². The van der Waals surface area contributed by atoms with E-state index >= 15 is 0 Å². The number of aliphatic hydroxyl groups is 1. The van der Waals surface area contributed by atoms with Crippen molar-refractivity contribution in [1.29, 1.82) is 0 Å². The molecule has 17 heavy (non-hydrogen) atoms.